The number of aromatic nitrogens is 2. The summed E-state index contributed by atoms with van der Waals surface area (Å²) in [6.45, 7) is 7.23. The number of nitrogens with one attached hydrogen (secondary N) is 1. The maximum Gasteiger partial charge on any atom is 0.263 e. The summed E-state index contributed by atoms with van der Waals surface area (Å²) in [6, 6.07) is 0. The second-order valence-corrected chi connectivity index (χ2v) is 10.0. The molecule has 2 aliphatic rings. The Bertz CT molecular complexity index is 959. The molecule has 4 rings (SSSR count). The van der Waals surface area contributed by atoms with E-state index in [0.717, 1.165) is 36.0 Å². The summed E-state index contributed by atoms with van der Waals surface area (Å²) >= 11 is 3.00. The zero-order valence-corrected chi connectivity index (χ0v) is 18.0. The number of allylic oxidation sites excluding steroid dienone is 1. The van der Waals surface area contributed by atoms with Gasteiger partial charge in [0, 0.05) is 18.0 Å². The average Bonchev–Trinajstić information content (AvgIpc) is 2.98. The summed E-state index contributed by atoms with van der Waals surface area (Å²) in [6.07, 6.45) is 8.53. The van der Waals surface area contributed by atoms with Crippen molar-refractivity contribution in [2.45, 2.75) is 57.1 Å². The number of amides is 1. The molecule has 2 aromatic rings. The van der Waals surface area contributed by atoms with Crippen LogP contribution in [0.1, 0.15) is 43.0 Å². The highest BCUT2D eigenvalue weighted by atomic mass is 32.2. The first-order valence-corrected chi connectivity index (χ1v) is 11.9. The van der Waals surface area contributed by atoms with Crippen molar-refractivity contribution in [3.63, 3.8) is 0 Å². The molecule has 2 heterocycles. The molecule has 1 amide bonds. The smallest absolute Gasteiger partial charge is 0.263 e. The Kier molecular flexibility index (Phi) is 5.92. The first-order valence-electron chi connectivity index (χ1n) is 10.1. The van der Waals surface area contributed by atoms with Crippen LogP contribution in [-0.2, 0) is 24.2 Å². The SMILES string of the molecule is C=CCn1c(SCC(=O)NCC2CCC2)nc2sc3c(c2c1=O)CCC(C)C3. The van der Waals surface area contributed by atoms with Crippen molar-refractivity contribution in [2.24, 2.45) is 11.8 Å². The van der Waals surface area contributed by atoms with Crippen molar-refractivity contribution in [3.8, 4) is 0 Å². The van der Waals surface area contributed by atoms with Gasteiger partial charge < -0.3 is 5.32 Å². The first-order chi connectivity index (χ1) is 13.6. The number of fused-ring (bicyclic) bond motifs is 3. The Balaban J connectivity index is 1.58. The van der Waals surface area contributed by atoms with E-state index in [-0.39, 0.29) is 17.2 Å². The minimum atomic E-state index is 0.00864. The van der Waals surface area contributed by atoms with Gasteiger partial charge in [0.2, 0.25) is 5.91 Å². The molecule has 0 aromatic carbocycles. The van der Waals surface area contributed by atoms with E-state index in [1.54, 1.807) is 22.0 Å². The van der Waals surface area contributed by atoms with Crippen molar-refractivity contribution >= 4 is 39.2 Å². The van der Waals surface area contributed by atoms with Crippen LogP contribution in [0.2, 0.25) is 0 Å². The molecule has 2 aromatic heterocycles. The molecular formula is C21H27N3O2S2. The van der Waals surface area contributed by atoms with Gasteiger partial charge in [-0.3, -0.25) is 14.2 Å². The van der Waals surface area contributed by atoms with Gasteiger partial charge in [-0.1, -0.05) is 31.2 Å². The van der Waals surface area contributed by atoms with Crippen LogP contribution in [0, 0.1) is 11.8 Å². The number of carbonyl (C=O) groups excluding carboxylic acids is 1. The molecule has 150 valence electrons. The number of hydrogen-bond acceptors (Lipinski definition) is 5. The molecule has 1 saturated carbocycles. The van der Waals surface area contributed by atoms with Crippen molar-refractivity contribution in [1.29, 1.82) is 0 Å². The number of nitrogens with zero attached hydrogens (tertiary/aromatic N) is 2. The third-order valence-corrected chi connectivity index (χ3v) is 7.96. The maximum absolute atomic E-state index is 13.2. The largest absolute Gasteiger partial charge is 0.355 e. The van der Waals surface area contributed by atoms with E-state index >= 15 is 0 Å². The zero-order valence-electron chi connectivity index (χ0n) is 16.3. The fourth-order valence-corrected chi connectivity index (χ4v) is 6.20. The normalized spacial score (nSPS) is 19.2. The first kappa shape index (κ1) is 19.7. The topological polar surface area (TPSA) is 64.0 Å². The molecule has 1 atom stereocenters. The van der Waals surface area contributed by atoms with Crippen molar-refractivity contribution in [1.82, 2.24) is 14.9 Å². The third kappa shape index (κ3) is 3.92. The van der Waals surface area contributed by atoms with Gasteiger partial charge in [-0.25, -0.2) is 4.98 Å². The Labute approximate surface area is 173 Å². The quantitative estimate of drug-likeness (QED) is 0.423. The van der Waals surface area contributed by atoms with Gasteiger partial charge in [0.1, 0.15) is 4.83 Å². The highest BCUT2D eigenvalue weighted by Crippen LogP contribution is 2.36. The minimum Gasteiger partial charge on any atom is -0.355 e. The van der Waals surface area contributed by atoms with Crippen LogP contribution in [0.5, 0.6) is 0 Å². The van der Waals surface area contributed by atoms with Crippen LogP contribution in [0.4, 0.5) is 0 Å². The number of carbonyl (C=O) groups is 1. The molecule has 0 spiro atoms. The average molecular weight is 418 g/mol. The molecule has 0 bridgehead atoms. The molecule has 2 aliphatic carbocycles. The van der Waals surface area contributed by atoms with Crippen molar-refractivity contribution in [2.75, 3.05) is 12.3 Å². The number of thioether (sulfide) groups is 1. The lowest BCUT2D eigenvalue weighted by Crippen LogP contribution is -2.33. The fourth-order valence-electron chi connectivity index (χ4n) is 3.94. The van der Waals surface area contributed by atoms with Crippen molar-refractivity contribution < 1.29 is 4.79 Å². The summed E-state index contributed by atoms with van der Waals surface area (Å²) in [7, 11) is 0. The monoisotopic (exact) mass is 417 g/mol. The van der Waals surface area contributed by atoms with Crippen LogP contribution in [0.3, 0.4) is 0 Å². The second kappa shape index (κ2) is 8.41. The second-order valence-electron chi connectivity index (χ2n) is 8.02. The van der Waals surface area contributed by atoms with Gasteiger partial charge in [-0.15, -0.1) is 17.9 Å². The molecular weight excluding hydrogens is 390 g/mol. The summed E-state index contributed by atoms with van der Waals surface area (Å²) < 4.78 is 1.67. The van der Waals surface area contributed by atoms with E-state index in [1.807, 2.05) is 0 Å². The summed E-state index contributed by atoms with van der Waals surface area (Å²) in [5.74, 6) is 1.59. The zero-order chi connectivity index (χ0) is 19.7. The van der Waals surface area contributed by atoms with Crippen LogP contribution in [0.15, 0.2) is 22.6 Å². The lowest BCUT2D eigenvalue weighted by molar-refractivity contribution is -0.118. The predicted molar refractivity (Wildman–Crippen MR) is 116 cm³/mol. The van der Waals surface area contributed by atoms with Gasteiger partial charge in [0.25, 0.3) is 5.56 Å². The molecule has 1 unspecified atom stereocenters. The summed E-state index contributed by atoms with van der Waals surface area (Å²) in [4.78, 5) is 32.4. The van der Waals surface area contributed by atoms with Gasteiger partial charge >= 0.3 is 0 Å². The van der Waals surface area contributed by atoms with Crippen molar-refractivity contribution in [3.05, 3.63) is 33.4 Å². The molecule has 0 radical (unpaired) electrons. The standard InChI is InChI=1S/C21H27N3O2S2/c1-3-9-24-20(26)18-15-8-7-13(2)10-16(15)28-19(18)23-21(24)27-12-17(25)22-11-14-5-4-6-14/h3,13-14H,1,4-12H2,2H3,(H,22,25). The van der Waals surface area contributed by atoms with Gasteiger partial charge in [0.15, 0.2) is 5.16 Å². The Morgan fingerprint density at radius 3 is 2.96 bits per heavy atom. The van der Waals surface area contributed by atoms with Gasteiger partial charge in [-0.2, -0.15) is 0 Å². The molecule has 28 heavy (non-hydrogen) atoms. The predicted octanol–water partition coefficient (Wildman–Crippen LogP) is 3.78. The minimum absolute atomic E-state index is 0.00864. The highest BCUT2D eigenvalue weighted by Gasteiger charge is 2.25. The summed E-state index contributed by atoms with van der Waals surface area (Å²) in [5.41, 5.74) is 1.21. The third-order valence-electron chi connectivity index (χ3n) is 5.84. The molecule has 1 N–H and O–H groups in total. The maximum atomic E-state index is 13.2. The van der Waals surface area contributed by atoms with E-state index in [9.17, 15) is 9.59 Å². The molecule has 0 aliphatic heterocycles. The van der Waals surface area contributed by atoms with Gasteiger partial charge in [0.05, 0.1) is 11.1 Å². The number of hydrogen-bond donors (Lipinski definition) is 1. The van der Waals surface area contributed by atoms with Crippen LogP contribution in [0.25, 0.3) is 10.2 Å². The van der Waals surface area contributed by atoms with E-state index < -0.39 is 0 Å². The Morgan fingerprint density at radius 1 is 1.43 bits per heavy atom. The van der Waals surface area contributed by atoms with E-state index in [2.05, 4.69) is 18.8 Å². The van der Waals surface area contributed by atoms with Crippen LogP contribution in [-0.4, -0.2) is 27.8 Å². The fraction of sp³-hybridized carbons (Fsp3) is 0.571. The lowest BCUT2D eigenvalue weighted by atomic mass is 9.85. The van der Waals surface area contributed by atoms with E-state index in [1.165, 1.54) is 41.5 Å². The number of aryl methyl sites for hydroxylation is 1. The molecule has 1 fully saturated rings. The van der Waals surface area contributed by atoms with E-state index in [4.69, 9.17) is 4.98 Å². The summed E-state index contributed by atoms with van der Waals surface area (Å²) in [5, 5.41) is 4.41. The highest BCUT2D eigenvalue weighted by molar-refractivity contribution is 7.99. The van der Waals surface area contributed by atoms with Crippen LogP contribution < -0.4 is 10.9 Å². The number of rotatable bonds is 7. The molecule has 7 heteroatoms. The Morgan fingerprint density at radius 2 is 2.25 bits per heavy atom. The van der Waals surface area contributed by atoms with E-state index in [0.29, 0.717) is 23.5 Å². The molecule has 0 saturated heterocycles. The molecule has 5 nitrogen and oxygen atoms in total. The van der Waals surface area contributed by atoms with Gasteiger partial charge in [-0.05, 0) is 49.5 Å². The Hall–Kier alpha value is -1.60. The lowest BCUT2D eigenvalue weighted by Gasteiger charge is -2.25. The number of thiophene rings is 1. The van der Waals surface area contributed by atoms with Crippen LogP contribution >= 0.6 is 23.1 Å².